The van der Waals surface area contributed by atoms with Crippen LogP contribution in [0.5, 0.6) is 0 Å². The van der Waals surface area contributed by atoms with E-state index in [2.05, 4.69) is 4.72 Å². The number of Topliss-reactive ketones (excluding diaryl/α,β-unsaturated/α-hetero) is 1. The van der Waals surface area contributed by atoms with Gasteiger partial charge in [0.05, 0.1) is 4.90 Å². The van der Waals surface area contributed by atoms with Crippen LogP contribution in [0.15, 0.2) is 53.4 Å². The minimum atomic E-state index is -3.85. The minimum absolute atomic E-state index is 0.0216. The Labute approximate surface area is 144 Å². The van der Waals surface area contributed by atoms with Crippen LogP contribution in [0.3, 0.4) is 0 Å². The van der Waals surface area contributed by atoms with Gasteiger partial charge in [0.1, 0.15) is 12.4 Å². The van der Waals surface area contributed by atoms with Crippen LogP contribution in [0.4, 0.5) is 4.39 Å². The number of hydrogen-bond donors (Lipinski definition) is 1. The minimum Gasteiger partial charge on any atom is -0.456 e. The standard InChI is InChI=1S/C17H16FNO5S/c1-12-2-8-15(9-3-12)25(22,23)19-10-17(21)24-11-16(20)13-4-6-14(18)7-5-13/h2-9,19H,10-11H2,1H3. The molecule has 2 aromatic carbocycles. The van der Waals surface area contributed by atoms with Crippen molar-refractivity contribution in [2.45, 2.75) is 11.8 Å². The number of rotatable bonds is 7. The van der Waals surface area contributed by atoms with Gasteiger partial charge >= 0.3 is 5.97 Å². The lowest BCUT2D eigenvalue weighted by Gasteiger charge is -2.07. The molecule has 132 valence electrons. The molecular formula is C17H16FNO5S. The van der Waals surface area contributed by atoms with Crippen molar-refractivity contribution in [2.24, 2.45) is 0 Å². The molecule has 0 bridgehead atoms. The van der Waals surface area contributed by atoms with E-state index in [-0.39, 0.29) is 10.5 Å². The van der Waals surface area contributed by atoms with Crippen LogP contribution in [-0.4, -0.2) is 33.3 Å². The second-order valence-electron chi connectivity index (χ2n) is 5.23. The summed E-state index contributed by atoms with van der Waals surface area (Å²) < 4.78 is 43.6. The first kappa shape index (κ1) is 18.8. The lowest BCUT2D eigenvalue weighted by Crippen LogP contribution is -2.31. The maximum Gasteiger partial charge on any atom is 0.321 e. The van der Waals surface area contributed by atoms with Gasteiger partial charge in [-0.1, -0.05) is 17.7 Å². The number of ketones is 1. The average Bonchev–Trinajstić information content (AvgIpc) is 2.59. The van der Waals surface area contributed by atoms with Gasteiger partial charge in [0.2, 0.25) is 10.0 Å². The number of aryl methyl sites for hydroxylation is 1. The predicted molar refractivity (Wildman–Crippen MR) is 88.1 cm³/mol. The molecule has 0 amide bonds. The molecule has 0 heterocycles. The zero-order chi connectivity index (χ0) is 18.4. The molecule has 0 saturated carbocycles. The summed E-state index contributed by atoms with van der Waals surface area (Å²) >= 11 is 0. The molecule has 0 aliphatic carbocycles. The molecule has 0 aliphatic rings. The average molecular weight is 365 g/mol. The van der Waals surface area contributed by atoms with Crippen molar-refractivity contribution < 1.29 is 27.1 Å². The molecule has 0 aromatic heterocycles. The second kappa shape index (κ2) is 8.00. The zero-order valence-corrected chi connectivity index (χ0v) is 14.2. The third kappa shape index (κ3) is 5.47. The Bertz CT molecular complexity index is 861. The predicted octanol–water partition coefficient (Wildman–Crippen LogP) is 1.84. The van der Waals surface area contributed by atoms with Crippen molar-refractivity contribution >= 4 is 21.8 Å². The quantitative estimate of drug-likeness (QED) is 0.597. The molecule has 0 unspecified atom stereocenters. The summed E-state index contributed by atoms with van der Waals surface area (Å²) in [4.78, 5) is 23.4. The van der Waals surface area contributed by atoms with E-state index < -0.39 is 40.7 Å². The first-order valence-electron chi connectivity index (χ1n) is 7.29. The van der Waals surface area contributed by atoms with Crippen molar-refractivity contribution in [1.82, 2.24) is 4.72 Å². The maximum absolute atomic E-state index is 12.8. The number of benzene rings is 2. The van der Waals surface area contributed by atoms with Crippen molar-refractivity contribution in [3.8, 4) is 0 Å². The lowest BCUT2D eigenvalue weighted by atomic mass is 10.1. The fraction of sp³-hybridized carbons (Fsp3) is 0.176. The molecule has 25 heavy (non-hydrogen) atoms. The van der Waals surface area contributed by atoms with Gasteiger partial charge in [0.15, 0.2) is 12.4 Å². The molecule has 0 spiro atoms. The van der Waals surface area contributed by atoms with E-state index in [4.69, 9.17) is 4.74 Å². The van der Waals surface area contributed by atoms with E-state index in [0.29, 0.717) is 0 Å². The van der Waals surface area contributed by atoms with Crippen LogP contribution in [0.1, 0.15) is 15.9 Å². The fourth-order valence-corrected chi connectivity index (χ4v) is 2.84. The molecule has 0 atom stereocenters. The SMILES string of the molecule is Cc1ccc(S(=O)(=O)NCC(=O)OCC(=O)c2ccc(F)cc2)cc1. The topological polar surface area (TPSA) is 89.5 Å². The van der Waals surface area contributed by atoms with Gasteiger partial charge < -0.3 is 4.74 Å². The second-order valence-corrected chi connectivity index (χ2v) is 7.00. The van der Waals surface area contributed by atoms with E-state index in [1.54, 1.807) is 12.1 Å². The largest absolute Gasteiger partial charge is 0.456 e. The summed E-state index contributed by atoms with van der Waals surface area (Å²) in [5.74, 6) is -1.90. The molecule has 6 nitrogen and oxygen atoms in total. The third-order valence-electron chi connectivity index (χ3n) is 3.27. The Morgan fingerprint density at radius 3 is 2.24 bits per heavy atom. The normalized spacial score (nSPS) is 11.1. The third-order valence-corrected chi connectivity index (χ3v) is 4.69. The number of hydrogen-bond acceptors (Lipinski definition) is 5. The first-order valence-corrected chi connectivity index (χ1v) is 8.77. The Kier molecular flexibility index (Phi) is 6.00. The van der Waals surface area contributed by atoms with Crippen LogP contribution in [0.25, 0.3) is 0 Å². The van der Waals surface area contributed by atoms with Crippen molar-refractivity contribution in [1.29, 1.82) is 0 Å². The van der Waals surface area contributed by atoms with Crippen LogP contribution < -0.4 is 4.72 Å². The van der Waals surface area contributed by atoms with E-state index in [1.807, 2.05) is 6.92 Å². The zero-order valence-electron chi connectivity index (χ0n) is 13.4. The first-order chi connectivity index (χ1) is 11.8. The fourth-order valence-electron chi connectivity index (χ4n) is 1.87. The van der Waals surface area contributed by atoms with E-state index in [1.165, 1.54) is 24.3 Å². The molecular weight excluding hydrogens is 349 g/mol. The highest BCUT2D eigenvalue weighted by molar-refractivity contribution is 7.89. The van der Waals surface area contributed by atoms with Gasteiger partial charge in [-0.2, -0.15) is 4.72 Å². The van der Waals surface area contributed by atoms with Gasteiger partial charge in [0.25, 0.3) is 0 Å². The van der Waals surface area contributed by atoms with Crippen molar-refractivity contribution in [2.75, 3.05) is 13.2 Å². The van der Waals surface area contributed by atoms with Gasteiger partial charge in [-0.05, 0) is 43.3 Å². The van der Waals surface area contributed by atoms with E-state index in [9.17, 15) is 22.4 Å². The smallest absolute Gasteiger partial charge is 0.321 e. The Hall–Kier alpha value is -2.58. The molecule has 0 aliphatic heterocycles. The molecule has 0 radical (unpaired) electrons. The van der Waals surface area contributed by atoms with Gasteiger partial charge in [0, 0.05) is 5.56 Å². The van der Waals surface area contributed by atoms with Crippen LogP contribution >= 0.6 is 0 Å². The number of ether oxygens (including phenoxy) is 1. The molecule has 8 heteroatoms. The van der Waals surface area contributed by atoms with E-state index >= 15 is 0 Å². The monoisotopic (exact) mass is 365 g/mol. The number of halogens is 1. The van der Waals surface area contributed by atoms with Gasteiger partial charge in [-0.15, -0.1) is 0 Å². The summed E-state index contributed by atoms with van der Waals surface area (Å²) in [5.41, 5.74) is 1.09. The number of sulfonamides is 1. The number of esters is 1. The summed E-state index contributed by atoms with van der Waals surface area (Å²) in [7, 11) is -3.85. The maximum atomic E-state index is 12.8. The number of carbonyl (C=O) groups is 2. The van der Waals surface area contributed by atoms with Crippen LogP contribution in [0.2, 0.25) is 0 Å². The number of carbonyl (C=O) groups excluding carboxylic acids is 2. The highest BCUT2D eigenvalue weighted by Gasteiger charge is 2.16. The number of nitrogens with one attached hydrogen (secondary N) is 1. The Morgan fingerprint density at radius 1 is 1.04 bits per heavy atom. The molecule has 1 N–H and O–H groups in total. The van der Waals surface area contributed by atoms with Crippen LogP contribution in [0, 0.1) is 12.7 Å². The molecule has 0 saturated heterocycles. The summed E-state index contributed by atoms with van der Waals surface area (Å²) in [6.45, 7) is 0.656. The summed E-state index contributed by atoms with van der Waals surface area (Å²) in [5, 5.41) is 0. The van der Waals surface area contributed by atoms with Crippen LogP contribution in [-0.2, 0) is 19.6 Å². The van der Waals surface area contributed by atoms with E-state index in [0.717, 1.165) is 17.7 Å². The molecule has 0 fully saturated rings. The highest BCUT2D eigenvalue weighted by atomic mass is 32.2. The summed E-state index contributed by atoms with van der Waals surface area (Å²) in [6, 6.07) is 10.9. The lowest BCUT2D eigenvalue weighted by molar-refractivity contribution is -0.141. The molecule has 2 aromatic rings. The highest BCUT2D eigenvalue weighted by Crippen LogP contribution is 2.09. The Morgan fingerprint density at radius 2 is 1.64 bits per heavy atom. The van der Waals surface area contributed by atoms with Gasteiger partial charge in [-0.3, -0.25) is 9.59 Å². The Balaban J connectivity index is 1.85. The van der Waals surface area contributed by atoms with Crippen molar-refractivity contribution in [3.05, 3.63) is 65.5 Å². The summed E-state index contributed by atoms with van der Waals surface area (Å²) in [6.07, 6.45) is 0. The molecule has 2 rings (SSSR count). The van der Waals surface area contributed by atoms with Gasteiger partial charge in [-0.25, -0.2) is 12.8 Å². The van der Waals surface area contributed by atoms with Crippen molar-refractivity contribution in [3.63, 3.8) is 0 Å².